The monoisotopic (exact) mass is 560 g/mol. The second-order valence-corrected chi connectivity index (χ2v) is 9.20. The van der Waals surface area contributed by atoms with Crippen LogP contribution in [-0.4, -0.2) is 75.9 Å². The van der Waals surface area contributed by atoms with Crippen LogP contribution in [0.3, 0.4) is 0 Å². The number of ether oxygens (including phenoxy) is 8. The summed E-state index contributed by atoms with van der Waals surface area (Å²) in [6, 6.07) is 13.9. The summed E-state index contributed by atoms with van der Waals surface area (Å²) in [6.45, 7) is 1.45. The Balaban J connectivity index is 1.79. The maximum absolute atomic E-state index is 12.4. The number of aliphatic hydroxyl groups is 1. The summed E-state index contributed by atoms with van der Waals surface area (Å²) in [5.41, 5.74) is 4.39. The molecule has 0 amide bonds. The smallest absolute Gasteiger partial charge is 0.438 e. The molecule has 0 radical (unpaired) electrons. The molecular formula is C28H32O12. The van der Waals surface area contributed by atoms with E-state index in [1.807, 2.05) is 18.2 Å². The zero-order valence-electron chi connectivity index (χ0n) is 22.6. The molecule has 0 bridgehead atoms. The Hall–Kier alpha value is -3.87. The number of aryl methyl sites for hydroxylation is 1. The minimum Gasteiger partial charge on any atom is -0.438 e. The lowest BCUT2D eigenvalue weighted by Crippen LogP contribution is -2.66. The average molecular weight is 561 g/mol. The third-order valence-corrected chi connectivity index (χ3v) is 6.89. The van der Waals surface area contributed by atoms with Crippen LogP contribution in [0, 0.1) is 0 Å². The molecule has 2 aromatic rings. The third kappa shape index (κ3) is 5.83. The summed E-state index contributed by atoms with van der Waals surface area (Å²) in [6.07, 6.45) is -7.85. The zero-order chi connectivity index (χ0) is 28.9. The Kier molecular flexibility index (Phi) is 9.13. The molecule has 1 saturated heterocycles. The number of methoxy groups -OCH3 is 3. The van der Waals surface area contributed by atoms with Crippen molar-refractivity contribution in [3.05, 3.63) is 70.3 Å². The Morgan fingerprint density at radius 1 is 0.850 bits per heavy atom. The standard InChI is InChI=1S/C28H32O12/c1-5-16-6-8-17(9-7-16)12-18-10-11-19-15-36-28(20(19)13-18)24(39-27(32)35-4)23(38-26(31)34-3)22(21(14-29)40-28)37-25(30)33-2/h6-11,13,21-24,29H,5,12,14-15H2,1-4H3/t21-,22-,23+,24-,28+/m1/s1. The van der Waals surface area contributed by atoms with E-state index in [9.17, 15) is 19.5 Å². The molecule has 40 heavy (non-hydrogen) atoms. The van der Waals surface area contributed by atoms with Crippen molar-refractivity contribution in [2.45, 2.75) is 56.6 Å². The molecular weight excluding hydrogens is 528 g/mol. The van der Waals surface area contributed by atoms with Crippen LogP contribution in [-0.2, 0) is 63.1 Å². The van der Waals surface area contributed by atoms with Gasteiger partial charge in [-0.1, -0.05) is 43.3 Å². The van der Waals surface area contributed by atoms with Crippen LogP contribution in [0.2, 0.25) is 0 Å². The first kappa shape index (κ1) is 29.1. The number of hydrogen-bond acceptors (Lipinski definition) is 12. The highest BCUT2D eigenvalue weighted by Crippen LogP contribution is 2.49. The summed E-state index contributed by atoms with van der Waals surface area (Å²) in [5.74, 6) is -1.87. The van der Waals surface area contributed by atoms with Crippen LogP contribution >= 0.6 is 0 Å². The van der Waals surface area contributed by atoms with Crippen molar-refractivity contribution in [3.8, 4) is 0 Å². The lowest BCUT2D eigenvalue weighted by Gasteiger charge is -2.48. The fourth-order valence-electron chi connectivity index (χ4n) is 4.89. The lowest BCUT2D eigenvalue weighted by atomic mass is 9.86. The molecule has 12 nitrogen and oxygen atoms in total. The van der Waals surface area contributed by atoms with E-state index in [1.165, 1.54) is 5.56 Å². The molecule has 1 fully saturated rings. The maximum Gasteiger partial charge on any atom is 0.508 e. The maximum atomic E-state index is 12.4. The molecule has 2 heterocycles. The molecule has 216 valence electrons. The van der Waals surface area contributed by atoms with Crippen LogP contribution in [0.5, 0.6) is 0 Å². The number of carbonyl (C=O) groups is 3. The van der Waals surface area contributed by atoms with Gasteiger partial charge in [-0.2, -0.15) is 0 Å². The van der Waals surface area contributed by atoms with Gasteiger partial charge in [0.2, 0.25) is 11.9 Å². The molecule has 2 aliphatic heterocycles. The van der Waals surface area contributed by atoms with Gasteiger partial charge in [-0.25, -0.2) is 14.4 Å². The van der Waals surface area contributed by atoms with E-state index in [1.54, 1.807) is 0 Å². The van der Waals surface area contributed by atoms with Crippen molar-refractivity contribution < 1.29 is 57.4 Å². The fraction of sp³-hybridized carbons (Fsp3) is 0.464. The summed E-state index contributed by atoms with van der Waals surface area (Å²) in [7, 11) is 3.25. The summed E-state index contributed by atoms with van der Waals surface area (Å²) in [5, 5.41) is 10.2. The van der Waals surface area contributed by atoms with Crippen molar-refractivity contribution in [2.24, 2.45) is 0 Å². The van der Waals surface area contributed by atoms with Crippen molar-refractivity contribution in [1.82, 2.24) is 0 Å². The predicted molar refractivity (Wildman–Crippen MR) is 135 cm³/mol. The molecule has 2 aliphatic rings. The van der Waals surface area contributed by atoms with Crippen LogP contribution in [0.1, 0.15) is 34.7 Å². The number of hydrogen-bond donors (Lipinski definition) is 1. The van der Waals surface area contributed by atoms with Gasteiger partial charge in [0.15, 0.2) is 12.2 Å². The molecule has 4 rings (SSSR count). The molecule has 0 aliphatic carbocycles. The SMILES string of the molecule is CCc1ccc(Cc2ccc3c(c2)[C@]2(OC3)O[C@H](CO)[C@@H](OC(=O)OC)[C@H](OC(=O)OC)[C@H]2OC(=O)OC)cc1. The second-order valence-electron chi connectivity index (χ2n) is 9.20. The lowest BCUT2D eigenvalue weighted by molar-refractivity contribution is -0.368. The normalized spacial score (nSPS) is 25.0. The number of carbonyl (C=O) groups excluding carboxylic acids is 3. The predicted octanol–water partition coefficient (Wildman–Crippen LogP) is 3.37. The van der Waals surface area contributed by atoms with Gasteiger partial charge in [-0.15, -0.1) is 0 Å². The Bertz CT molecular complexity index is 1210. The molecule has 0 unspecified atom stereocenters. The highest BCUT2D eigenvalue weighted by molar-refractivity contribution is 5.63. The summed E-state index contributed by atoms with van der Waals surface area (Å²) >= 11 is 0. The molecule has 1 N–H and O–H groups in total. The molecule has 0 aromatic heterocycles. The highest BCUT2D eigenvalue weighted by atomic mass is 16.8. The number of aliphatic hydroxyl groups excluding tert-OH is 1. The van der Waals surface area contributed by atoms with E-state index in [-0.39, 0.29) is 6.61 Å². The van der Waals surface area contributed by atoms with Crippen LogP contribution in [0.15, 0.2) is 42.5 Å². The van der Waals surface area contributed by atoms with E-state index in [2.05, 4.69) is 40.7 Å². The summed E-state index contributed by atoms with van der Waals surface area (Å²) in [4.78, 5) is 36.8. The quantitative estimate of drug-likeness (QED) is 0.391. The minimum atomic E-state index is -1.87. The van der Waals surface area contributed by atoms with E-state index >= 15 is 0 Å². The number of rotatable bonds is 7. The Morgan fingerprint density at radius 3 is 2.02 bits per heavy atom. The minimum absolute atomic E-state index is 0.0491. The Labute approximate surface area is 231 Å². The molecule has 0 saturated carbocycles. The van der Waals surface area contributed by atoms with Crippen LogP contribution in [0.4, 0.5) is 14.4 Å². The van der Waals surface area contributed by atoms with Gasteiger partial charge in [-0.05, 0) is 41.2 Å². The van der Waals surface area contributed by atoms with E-state index < -0.39 is 55.3 Å². The first-order valence-electron chi connectivity index (χ1n) is 12.6. The largest absolute Gasteiger partial charge is 0.508 e. The third-order valence-electron chi connectivity index (χ3n) is 6.89. The molecule has 2 aromatic carbocycles. The van der Waals surface area contributed by atoms with Crippen molar-refractivity contribution in [3.63, 3.8) is 0 Å². The molecule has 1 spiro atoms. The first-order valence-corrected chi connectivity index (χ1v) is 12.6. The zero-order valence-corrected chi connectivity index (χ0v) is 22.6. The molecule has 5 atom stereocenters. The summed E-state index contributed by atoms with van der Waals surface area (Å²) < 4.78 is 42.6. The van der Waals surface area contributed by atoms with Gasteiger partial charge in [0, 0.05) is 5.56 Å². The van der Waals surface area contributed by atoms with Crippen molar-refractivity contribution >= 4 is 18.5 Å². The number of fused-ring (bicyclic) bond motifs is 2. The van der Waals surface area contributed by atoms with E-state index in [0.717, 1.165) is 38.9 Å². The van der Waals surface area contributed by atoms with E-state index in [0.29, 0.717) is 17.5 Å². The Morgan fingerprint density at radius 2 is 1.43 bits per heavy atom. The average Bonchev–Trinajstić information content (AvgIpc) is 3.33. The van der Waals surface area contributed by atoms with Gasteiger partial charge in [0.25, 0.3) is 0 Å². The van der Waals surface area contributed by atoms with Gasteiger partial charge in [0.05, 0.1) is 34.5 Å². The van der Waals surface area contributed by atoms with Gasteiger partial charge < -0.3 is 43.0 Å². The van der Waals surface area contributed by atoms with Crippen molar-refractivity contribution in [2.75, 3.05) is 27.9 Å². The van der Waals surface area contributed by atoms with Crippen LogP contribution < -0.4 is 0 Å². The fourth-order valence-corrected chi connectivity index (χ4v) is 4.89. The topological polar surface area (TPSA) is 145 Å². The van der Waals surface area contributed by atoms with Crippen molar-refractivity contribution in [1.29, 1.82) is 0 Å². The first-order chi connectivity index (χ1) is 19.3. The number of benzene rings is 2. The highest BCUT2D eigenvalue weighted by Gasteiger charge is 2.64. The van der Waals surface area contributed by atoms with Gasteiger partial charge in [-0.3, -0.25) is 0 Å². The molecule has 12 heteroatoms. The second kappa shape index (κ2) is 12.5. The van der Waals surface area contributed by atoms with Crippen LogP contribution in [0.25, 0.3) is 0 Å². The van der Waals surface area contributed by atoms with Gasteiger partial charge in [0.1, 0.15) is 6.10 Å². The van der Waals surface area contributed by atoms with Gasteiger partial charge >= 0.3 is 18.5 Å². The van der Waals surface area contributed by atoms with E-state index in [4.69, 9.17) is 28.4 Å².